The van der Waals surface area contributed by atoms with Crippen LogP contribution in [0.15, 0.2) is 35.6 Å². The highest BCUT2D eigenvalue weighted by atomic mass is 16.8. The van der Waals surface area contributed by atoms with Gasteiger partial charge in [0.2, 0.25) is 11.8 Å². The smallest absolute Gasteiger partial charge is 0.251 e. The molecule has 6 saturated heterocycles. The fraction of sp³-hybridized carbons (Fsp3) is 0.803. The number of ether oxygens (including phenoxy) is 12. The average Bonchev–Trinajstić information content (AvgIpc) is 1.54. The predicted octanol–water partition coefficient (Wildman–Crippen LogP) is -16.5. The number of aliphatic hydroxyl groups excluding tert-OH is 12. The van der Waals surface area contributed by atoms with Gasteiger partial charge in [-0.3, -0.25) is 19.4 Å². The van der Waals surface area contributed by atoms with Gasteiger partial charge in [-0.05, 0) is 56.7 Å². The number of hydrogen-bond donors (Lipinski definition) is 29. The summed E-state index contributed by atoms with van der Waals surface area (Å²) in [5, 5.41) is 158. The lowest BCUT2D eigenvalue weighted by Gasteiger charge is -2.47. The maximum Gasteiger partial charge on any atom is 0.251 e. The normalized spacial score (nSPS) is 40.9. The minimum atomic E-state index is -1.84. The van der Waals surface area contributed by atoms with Crippen LogP contribution in [-0.2, 0) is 79.5 Å². The number of nitrogens with zero attached hydrogens (tertiary/aromatic N) is 7. The monoisotopic (exact) mass is 1740 g/mol. The van der Waals surface area contributed by atoms with Gasteiger partial charge in [0.1, 0.15) is 152 Å². The van der Waals surface area contributed by atoms with Crippen molar-refractivity contribution < 1.29 is 133 Å². The van der Waals surface area contributed by atoms with Crippen LogP contribution in [0.5, 0.6) is 0 Å². The number of hydrogen-bond acceptors (Lipinski definition) is 44. The summed E-state index contributed by atoms with van der Waals surface area (Å²) in [7, 11) is 0. The molecule has 0 unspecified atom stereocenters. The number of unbranched alkanes of at least 4 members (excludes halogenated alkanes) is 4. The summed E-state index contributed by atoms with van der Waals surface area (Å²) in [5.74, 6) is -1.72. The van der Waals surface area contributed by atoms with E-state index >= 15 is 0 Å². The molecule has 3 aromatic rings. The number of aliphatic hydroxyl groups is 12. The van der Waals surface area contributed by atoms with E-state index in [9.17, 15) is 75.7 Å². The van der Waals surface area contributed by atoms with Crippen LogP contribution in [0.25, 0.3) is 22.5 Å². The summed E-state index contributed by atoms with van der Waals surface area (Å²) >= 11 is 0. The number of amides is 3. The molecular weight excluding hydrogens is 1620 g/mol. The highest BCUT2D eigenvalue weighted by Gasteiger charge is 2.58. The van der Waals surface area contributed by atoms with E-state index in [1.54, 1.807) is 6.07 Å². The SMILES string of the molecule is NC[C@@H]1O[C@@H](O[C@H]2[C@H](O[C@@H]3O[C@H](Cn4cc(-c5cc(C(=O)NCCCCCCCC(=O)N[C@@H](CCCN=C(N)N)C(N)=O)cc(-c6cn(C[C@@H]7O[C@H](O[C@H]8[C@H](O)[C@@H](N)C[C@@H](N)[C@@H]8O[C@H]8O[C@H](CN)[C@@H](O)[C@H](O)[C@H]8N)[C@@H](O)[C@H]7O[C@H]7O[C@@H](CN)[C@@H](O)[C@H](O)[C@H]7N)nn6)c5)nn4)[C@@H](O[C@@H]4O[C@H](CN)[C@H](O)[C@@H](O)[C@@H]4N)[C@H]3O)[C@@H](O)[C@H](N)C[C@@H]2N)[C@@H](N)[C@H](O)[C@H]1O. The van der Waals surface area contributed by atoms with Crippen molar-refractivity contribution in [1.29, 1.82) is 0 Å². The molecule has 0 radical (unpaired) electrons. The van der Waals surface area contributed by atoms with Gasteiger partial charge in [0.05, 0.1) is 61.9 Å². The van der Waals surface area contributed by atoms with E-state index in [0.29, 0.717) is 38.5 Å². The van der Waals surface area contributed by atoms with Crippen molar-refractivity contribution in [3.05, 3.63) is 36.2 Å². The van der Waals surface area contributed by atoms with Gasteiger partial charge in [-0.25, -0.2) is 9.36 Å². The predicted molar refractivity (Wildman–Crippen MR) is 418 cm³/mol. The molecule has 2 aliphatic carbocycles. The zero-order valence-corrected chi connectivity index (χ0v) is 66.9. The Morgan fingerprint density at radius 2 is 0.795 bits per heavy atom. The largest absolute Gasteiger partial charge is 0.389 e. The number of carbonyl (C=O) groups excluding carboxylic acids is 3. The van der Waals surface area contributed by atoms with E-state index < -0.39 is 250 Å². The number of benzene rings is 1. The molecule has 690 valence electrons. The summed E-state index contributed by atoms with van der Waals surface area (Å²) in [5.41, 5.74) is 92.2. The second kappa shape index (κ2) is 43.0. The molecule has 0 spiro atoms. The third kappa shape index (κ3) is 22.5. The molecule has 2 aromatic heterocycles. The van der Waals surface area contributed by atoms with Crippen molar-refractivity contribution in [2.75, 3.05) is 39.3 Å². The van der Waals surface area contributed by atoms with Crippen molar-refractivity contribution in [3.8, 4) is 22.5 Å². The first kappa shape index (κ1) is 96.4. The molecule has 1 aromatic carbocycles. The number of primary amides is 1. The first-order chi connectivity index (χ1) is 58.0. The highest BCUT2D eigenvalue weighted by molar-refractivity contribution is 5.97. The molecule has 3 amide bonds. The van der Waals surface area contributed by atoms with Crippen LogP contribution >= 0.6 is 0 Å². The Kier molecular flexibility index (Phi) is 34.0. The molecule has 6 aliphatic heterocycles. The highest BCUT2D eigenvalue weighted by Crippen LogP contribution is 2.39. The number of rotatable bonds is 37. The van der Waals surface area contributed by atoms with E-state index in [1.165, 1.54) is 33.9 Å². The van der Waals surface area contributed by atoms with Crippen LogP contribution in [0.3, 0.4) is 0 Å². The summed E-state index contributed by atoms with van der Waals surface area (Å²) in [6, 6.07) is -6.08. The van der Waals surface area contributed by atoms with Crippen molar-refractivity contribution in [2.24, 2.45) is 91.0 Å². The van der Waals surface area contributed by atoms with E-state index in [4.69, 9.17) is 143 Å². The molecule has 8 heterocycles. The van der Waals surface area contributed by atoms with Gasteiger partial charge in [0.15, 0.2) is 43.7 Å². The van der Waals surface area contributed by atoms with Gasteiger partial charge < -0.3 is 215 Å². The molecule has 44 N–H and O–H groups in total. The number of nitrogens with one attached hydrogen (secondary N) is 2. The Morgan fingerprint density at radius 3 is 1.17 bits per heavy atom. The lowest BCUT2D eigenvalue weighted by molar-refractivity contribution is -0.306. The lowest BCUT2D eigenvalue weighted by atomic mass is 9.84. The third-order valence-corrected chi connectivity index (χ3v) is 23.5. The second-order valence-corrected chi connectivity index (χ2v) is 32.3. The third-order valence-electron chi connectivity index (χ3n) is 23.5. The average molecular weight is 1750 g/mol. The Balaban J connectivity index is 0.863. The molecule has 0 bridgehead atoms. The minimum absolute atomic E-state index is 0.0451. The Hall–Kier alpha value is -6.26. The molecule has 11 rings (SSSR count). The van der Waals surface area contributed by atoms with Crippen LogP contribution in [0.2, 0.25) is 0 Å². The zero-order chi connectivity index (χ0) is 88.6. The van der Waals surface area contributed by atoms with Gasteiger partial charge in [0, 0.05) is 86.5 Å². The number of aliphatic imine (C=N–C) groups is 1. The first-order valence-electron chi connectivity index (χ1n) is 40.8. The van der Waals surface area contributed by atoms with Gasteiger partial charge in [-0.15, -0.1) is 10.2 Å². The topological polar surface area (TPSA) is 893 Å². The summed E-state index contributed by atoms with van der Waals surface area (Å²) < 4.78 is 77.2. The molecule has 51 nitrogen and oxygen atoms in total. The van der Waals surface area contributed by atoms with Crippen LogP contribution in [0, 0.1) is 0 Å². The van der Waals surface area contributed by atoms with Crippen LogP contribution in [0.4, 0.5) is 0 Å². The van der Waals surface area contributed by atoms with Crippen molar-refractivity contribution >= 4 is 23.7 Å². The van der Waals surface area contributed by atoms with Crippen LogP contribution in [0.1, 0.15) is 74.6 Å². The van der Waals surface area contributed by atoms with Gasteiger partial charge in [-0.1, -0.05) is 29.7 Å². The summed E-state index contributed by atoms with van der Waals surface area (Å²) in [6.07, 6.45) is -39.0. The Labute approximate surface area is 699 Å². The molecule has 2 saturated carbocycles. The van der Waals surface area contributed by atoms with Crippen molar-refractivity contribution in [3.63, 3.8) is 0 Å². The van der Waals surface area contributed by atoms with Gasteiger partial charge >= 0.3 is 0 Å². The van der Waals surface area contributed by atoms with Crippen LogP contribution in [-0.4, -0.2) is 393 Å². The fourth-order valence-corrected chi connectivity index (χ4v) is 16.2. The van der Waals surface area contributed by atoms with Crippen LogP contribution < -0.4 is 96.6 Å². The quantitative estimate of drug-likeness (QED) is 0.0145. The molecular formula is C71H124N24O27. The Bertz CT molecular complexity index is 3660. The van der Waals surface area contributed by atoms with Gasteiger partial charge in [0.25, 0.3) is 5.91 Å². The summed E-state index contributed by atoms with van der Waals surface area (Å²) in [4.78, 5) is 43.3. The Morgan fingerprint density at radius 1 is 0.434 bits per heavy atom. The number of aromatic nitrogens is 6. The molecule has 39 atom stereocenters. The molecule has 8 aliphatic rings. The maximum absolute atomic E-state index is 14.6. The van der Waals surface area contributed by atoms with E-state index in [1.807, 2.05) is 0 Å². The summed E-state index contributed by atoms with van der Waals surface area (Å²) in [6.45, 7) is -1.43. The molecule has 8 fully saturated rings. The fourth-order valence-electron chi connectivity index (χ4n) is 16.2. The molecule has 122 heavy (non-hydrogen) atoms. The van der Waals surface area contributed by atoms with E-state index in [2.05, 4.69) is 36.3 Å². The standard InChI is InChI=1S/C71H124N24O27/c72-16-34-47(99)51(103)41(80)65(111-34)117-57-29(78)14-27(76)45(97)61(57)121-69-55(107)59(119-67-43(82)53(105)49(101)36(18-74)113-67)38(115-69)22-94-20-32(90-92-94)24-11-25(13-26(12-24)64(110)87-9-5-3-1-2-4-8-40(96)89-31(63(84)109)7-6-10-88-71(85)86)33-21-95(93-91-33)23-39-60(120-68-44(83)54(106)50(102)37(19-75)114-68)56(108)70(116-39)122-62-46(98)28(77)15-30(79)58(62)118-66-42(81)52(104)48(100)35(17-73)112-66/h11-13,20-21,27-31,34-39,41-62,65-70,97-108H,1-10,14-19,22-23,72-83H2,(H2,84,109)(H,87,110)(H,89,96)(H4,85,86,88)/t27-,28+,29+,30-,31-,34+,35-,36-,37+,38-,39+,41+,42-,43+,44-,45+,46-,47+,48-,49+,50-,51+,52-,53+,54-,55-,56+,57-,58+,59-,60+,61-,62+,65+,66-,67+,68-,69+,70-/m0/s1. The van der Waals surface area contributed by atoms with Gasteiger partial charge in [-0.2, -0.15) is 0 Å². The second-order valence-electron chi connectivity index (χ2n) is 32.3. The van der Waals surface area contributed by atoms with Crippen molar-refractivity contribution in [2.45, 2.75) is 316 Å². The van der Waals surface area contributed by atoms with E-state index in [-0.39, 0.29) is 118 Å². The van der Waals surface area contributed by atoms with E-state index in [0.717, 1.165) is 0 Å². The maximum atomic E-state index is 14.6. The number of guanidine groups is 1. The number of carbonyl (C=O) groups is 3. The number of nitrogens with two attached hydrogens (primary N) is 15. The first-order valence-corrected chi connectivity index (χ1v) is 40.8. The minimum Gasteiger partial charge on any atom is -0.389 e. The van der Waals surface area contributed by atoms with Crippen molar-refractivity contribution in [1.82, 2.24) is 40.6 Å². The molecule has 51 heteroatoms. The lowest BCUT2D eigenvalue weighted by Crippen LogP contribution is -2.68. The zero-order valence-electron chi connectivity index (χ0n) is 66.9.